The van der Waals surface area contributed by atoms with Crippen LogP contribution in [-0.4, -0.2) is 66.0 Å². The number of benzene rings is 1. The molecule has 0 aromatic heterocycles. The molecule has 0 heterocycles. The Balaban J connectivity index is 2.46. The molecule has 0 N–H and O–H groups in total. The molecule has 0 aliphatic heterocycles. The maximum Gasteiger partial charge on any atom is 0.330 e. The van der Waals surface area contributed by atoms with Crippen LogP contribution in [0.15, 0.2) is 18.2 Å². The SMILES string of the molecule is COc1cc(C=CC(=O)OCCCC[SiH2]C(O[Si](C)(C)C)O[Si](C)(C)C)cc(OC)c1OC. The van der Waals surface area contributed by atoms with Gasteiger partial charge in [0.2, 0.25) is 5.75 Å². The van der Waals surface area contributed by atoms with Crippen molar-refractivity contribution in [2.24, 2.45) is 0 Å². The molecule has 7 nitrogen and oxygen atoms in total. The molecule has 1 aromatic carbocycles. The zero-order valence-corrected chi connectivity index (χ0v) is 25.2. The highest BCUT2D eigenvalue weighted by molar-refractivity contribution is 6.71. The molecule has 0 unspecified atom stereocenters. The molecule has 33 heavy (non-hydrogen) atoms. The Morgan fingerprint density at radius 1 is 0.909 bits per heavy atom. The third-order valence-electron chi connectivity index (χ3n) is 4.40. The number of hydrogen-bond donors (Lipinski definition) is 0. The van der Waals surface area contributed by atoms with Crippen LogP contribution in [0.1, 0.15) is 18.4 Å². The van der Waals surface area contributed by atoms with E-state index in [-0.39, 0.29) is 11.9 Å². The molecule has 0 radical (unpaired) electrons. The quantitative estimate of drug-likeness (QED) is 0.111. The Labute approximate surface area is 203 Å². The van der Waals surface area contributed by atoms with E-state index in [1.165, 1.54) is 6.08 Å². The van der Waals surface area contributed by atoms with Gasteiger partial charge in [0.15, 0.2) is 28.1 Å². The Bertz CT molecular complexity index is 729. The average molecular weight is 515 g/mol. The van der Waals surface area contributed by atoms with E-state index in [2.05, 4.69) is 39.3 Å². The standard InChI is InChI=1S/C23H42O7Si3/c1-25-19-16-18(17-20(26-2)22(19)27-3)12-13-21(24)28-14-10-11-15-31-23(29-32(4,5)6)30-33(7,8)9/h12-13,16-17,23H,10-11,14-15,31H2,1-9H3. The highest BCUT2D eigenvalue weighted by Gasteiger charge is 2.26. The predicted molar refractivity (Wildman–Crippen MR) is 141 cm³/mol. The van der Waals surface area contributed by atoms with Crippen molar-refractivity contribution in [3.63, 3.8) is 0 Å². The average Bonchev–Trinajstić information content (AvgIpc) is 2.71. The second-order valence-corrected chi connectivity index (χ2v) is 20.6. The van der Waals surface area contributed by atoms with Gasteiger partial charge in [0, 0.05) is 6.08 Å². The van der Waals surface area contributed by atoms with Crippen LogP contribution in [0, 0.1) is 0 Å². The number of carbonyl (C=O) groups excluding carboxylic acids is 1. The van der Waals surface area contributed by atoms with Crippen LogP contribution in [0.3, 0.4) is 0 Å². The van der Waals surface area contributed by atoms with Crippen molar-refractivity contribution in [3.05, 3.63) is 23.8 Å². The summed E-state index contributed by atoms with van der Waals surface area (Å²) in [7, 11) is 0.884. The minimum Gasteiger partial charge on any atom is -0.493 e. The fourth-order valence-corrected chi connectivity index (χ4v) is 9.79. The van der Waals surface area contributed by atoms with Crippen LogP contribution in [0.25, 0.3) is 6.08 Å². The van der Waals surface area contributed by atoms with E-state index in [4.69, 9.17) is 27.8 Å². The molecule has 188 valence electrons. The Morgan fingerprint density at radius 2 is 1.45 bits per heavy atom. The topological polar surface area (TPSA) is 72.5 Å². The van der Waals surface area contributed by atoms with Crippen molar-refractivity contribution >= 4 is 38.2 Å². The Morgan fingerprint density at radius 3 is 1.91 bits per heavy atom. The van der Waals surface area contributed by atoms with Crippen LogP contribution in [0.2, 0.25) is 45.3 Å². The molecule has 0 atom stereocenters. The number of rotatable bonds is 15. The van der Waals surface area contributed by atoms with Gasteiger partial charge in [0.1, 0.15) is 5.91 Å². The molecular weight excluding hydrogens is 473 g/mol. The summed E-state index contributed by atoms with van der Waals surface area (Å²) in [4.78, 5) is 12.1. The number of methoxy groups -OCH3 is 3. The fourth-order valence-electron chi connectivity index (χ4n) is 3.10. The largest absolute Gasteiger partial charge is 0.493 e. The van der Waals surface area contributed by atoms with Gasteiger partial charge in [-0.25, -0.2) is 4.79 Å². The zero-order chi connectivity index (χ0) is 25.1. The monoisotopic (exact) mass is 514 g/mol. The van der Waals surface area contributed by atoms with E-state index < -0.39 is 26.2 Å². The van der Waals surface area contributed by atoms with E-state index in [1.807, 2.05) is 0 Å². The molecule has 1 rings (SSSR count). The Kier molecular flexibility index (Phi) is 12.4. The molecule has 0 aliphatic carbocycles. The summed E-state index contributed by atoms with van der Waals surface area (Å²) < 4.78 is 33.9. The molecule has 0 aliphatic rings. The summed E-state index contributed by atoms with van der Waals surface area (Å²) in [5.74, 6) is 1.21. The lowest BCUT2D eigenvalue weighted by Gasteiger charge is -2.31. The maximum atomic E-state index is 12.1. The van der Waals surface area contributed by atoms with Crippen molar-refractivity contribution in [1.29, 1.82) is 0 Å². The maximum absolute atomic E-state index is 12.1. The number of esters is 1. The van der Waals surface area contributed by atoms with Gasteiger partial charge in [0.25, 0.3) is 0 Å². The van der Waals surface area contributed by atoms with Gasteiger partial charge in [-0.15, -0.1) is 0 Å². The minimum absolute atomic E-state index is 0.00676. The van der Waals surface area contributed by atoms with Crippen molar-refractivity contribution in [2.45, 2.75) is 64.1 Å². The highest BCUT2D eigenvalue weighted by Crippen LogP contribution is 2.38. The highest BCUT2D eigenvalue weighted by atomic mass is 28.4. The van der Waals surface area contributed by atoms with Gasteiger partial charge < -0.3 is 27.8 Å². The van der Waals surface area contributed by atoms with E-state index >= 15 is 0 Å². The fraction of sp³-hybridized carbons (Fsp3) is 0.609. The van der Waals surface area contributed by atoms with E-state index in [1.54, 1.807) is 39.5 Å². The van der Waals surface area contributed by atoms with Gasteiger partial charge in [-0.05, 0) is 69.5 Å². The first-order valence-electron chi connectivity index (χ1n) is 11.4. The lowest BCUT2D eigenvalue weighted by Crippen LogP contribution is -2.42. The third-order valence-corrected chi connectivity index (χ3v) is 8.72. The molecule has 0 fully saturated rings. The van der Waals surface area contributed by atoms with Crippen LogP contribution in [0.5, 0.6) is 17.2 Å². The van der Waals surface area contributed by atoms with Gasteiger partial charge >= 0.3 is 5.97 Å². The number of unbranched alkanes of at least 4 members (excludes halogenated alkanes) is 1. The second kappa shape index (κ2) is 14.0. The second-order valence-electron chi connectivity index (χ2n) is 9.70. The van der Waals surface area contributed by atoms with Crippen molar-refractivity contribution in [3.8, 4) is 17.2 Å². The first-order chi connectivity index (χ1) is 15.4. The zero-order valence-electron chi connectivity index (χ0n) is 21.8. The molecule has 0 saturated carbocycles. The summed E-state index contributed by atoms with van der Waals surface area (Å²) in [6.45, 7) is 13.6. The first-order valence-corrected chi connectivity index (χ1v) is 20.0. The molecule has 0 amide bonds. The third kappa shape index (κ3) is 12.4. The van der Waals surface area contributed by atoms with Crippen LogP contribution in [0.4, 0.5) is 0 Å². The molecule has 1 aromatic rings. The normalized spacial score (nSPS) is 12.7. The van der Waals surface area contributed by atoms with Crippen LogP contribution in [-0.2, 0) is 18.4 Å². The Hall–Kier alpha value is -1.60. The summed E-state index contributed by atoms with van der Waals surface area (Å²) in [5, 5.41) is 0. The lowest BCUT2D eigenvalue weighted by molar-refractivity contribution is -0.137. The summed E-state index contributed by atoms with van der Waals surface area (Å²) in [6.07, 6.45) is 4.93. The van der Waals surface area contributed by atoms with E-state index in [0.717, 1.165) is 24.4 Å². The van der Waals surface area contributed by atoms with Gasteiger partial charge in [0.05, 0.1) is 37.5 Å². The van der Waals surface area contributed by atoms with Gasteiger partial charge in [-0.2, -0.15) is 0 Å². The van der Waals surface area contributed by atoms with Crippen molar-refractivity contribution in [2.75, 3.05) is 27.9 Å². The number of hydrogen-bond acceptors (Lipinski definition) is 7. The number of carbonyl (C=O) groups is 1. The first kappa shape index (κ1) is 29.4. The molecule has 0 saturated heterocycles. The van der Waals surface area contributed by atoms with Crippen molar-refractivity contribution in [1.82, 2.24) is 0 Å². The predicted octanol–water partition coefficient (Wildman–Crippen LogP) is 4.62. The van der Waals surface area contributed by atoms with Crippen LogP contribution < -0.4 is 14.2 Å². The molecule has 0 spiro atoms. The molecule has 0 bridgehead atoms. The minimum atomic E-state index is -1.63. The molecule has 10 heteroatoms. The molecular formula is C23H42O7Si3. The summed E-state index contributed by atoms with van der Waals surface area (Å²) >= 11 is 0. The van der Waals surface area contributed by atoms with Crippen molar-refractivity contribution < 1.29 is 32.6 Å². The summed E-state index contributed by atoms with van der Waals surface area (Å²) in [6, 6.07) is 4.66. The van der Waals surface area contributed by atoms with Gasteiger partial charge in [-0.1, -0.05) is 12.5 Å². The van der Waals surface area contributed by atoms with Crippen LogP contribution >= 0.6 is 0 Å². The van der Waals surface area contributed by atoms with E-state index in [0.29, 0.717) is 23.9 Å². The lowest BCUT2D eigenvalue weighted by atomic mass is 10.1. The van der Waals surface area contributed by atoms with E-state index in [9.17, 15) is 4.79 Å². The smallest absolute Gasteiger partial charge is 0.330 e. The number of ether oxygens (including phenoxy) is 4. The summed E-state index contributed by atoms with van der Waals surface area (Å²) in [5.41, 5.74) is 0.753. The van der Waals surface area contributed by atoms with Gasteiger partial charge in [-0.3, -0.25) is 0 Å².